The van der Waals surface area contributed by atoms with Gasteiger partial charge in [0.1, 0.15) is 5.75 Å². The highest BCUT2D eigenvalue weighted by molar-refractivity contribution is 6.03. The third-order valence-corrected chi connectivity index (χ3v) is 5.24. The summed E-state index contributed by atoms with van der Waals surface area (Å²) >= 11 is 0. The normalized spacial score (nSPS) is 17.7. The Morgan fingerprint density at radius 2 is 1.93 bits per heavy atom. The average Bonchev–Trinajstić information content (AvgIpc) is 3.09. The Bertz CT molecular complexity index is 817. The van der Waals surface area contributed by atoms with Crippen molar-refractivity contribution >= 4 is 23.2 Å². The second-order valence-corrected chi connectivity index (χ2v) is 6.99. The van der Waals surface area contributed by atoms with Crippen LogP contribution in [0.2, 0.25) is 0 Å². The highest BCUT2D eigenvalue weighted by Crippen LogP contribution is 2.30. The van der Waals surface area contributed by atoms with Crippen molar-refractivity contribution in [3.8, 4) is 5.75 Å². The third-order valence-electron chi connectivity index (χ3n) is 5.24. The number of hydrogen-bond donors (Lipinski definition) is 1. The molecule has 2 atom stereocenters. The fourth-order valence-electron chi connectivity index (χ4n) is 3.39. The number of benzene rings is 2. The first kappa shape index (κ1) is 19.0. The summed E-state index contributed by atoms with van der Waals surface area (Å²) in [5.74, 6) is 0.610. The van der Waals surface area contributed by atoms with Gasteiger partial charge >= 0.3 is 0 Å². The lowest BCUT2D eigenvalue weighted by atomic mass is 9.96. The summed E-state index contributed by atoms with van der Waals surface area (Å²) in [7, 11) is 1.60. The Balaban J connectivity index is 1.71. The largest absolute Gasteiger partial charge is 0.497 e. The van der Waals surface area contributed by atoms with E-state index in [1.807, 2.05) is 48.5 Å². The maximum absolute atomic E-state index is 12.8. The second kappa shape index (κ2) is 8.25. The summed E-state index contributed by atoms with van der Waals surface area (Å²) in [5.41, 5.74) is 2.76. The Morgan fingerprint density at radius 3 is 2.59 bits per heavy atom. The van der Waals surface area contributed by atoms with Gasteiger partial charge in [0.15, 0.2) is 0 Å². The number of carbonyl (C=O) groups is 2. The molecule has 0 radical (unpaired) electrons. The molecule has 27 heavy (non-hydrogen) atoms. The van der Waals surface area contributed by atoms with E-state index in [1.54, 1.807) is 12.0 Å². The molecule has 5 nitrogen and oxygen atoms in total. The van der Waals surface area contributed by atoms with Crippen LogP contribution in [0.25, 0.3) is 0 Å². The number of methoxy groups -OCH3 is 1. The van der Waals surface area contributed by atoms with Crippen molar-refractivity contribution in [2.24, 2.45) is 5.92 Å². The number of para-hydroxylation sites is 1. The molecular formula is C22H26N2O3. The lowest BCUT2D eigenvalue weighted by Crippen LogP contribution is -2.28. The fraction of sp³-hybridized carbons (Fsp3) is 0.364. The molecule has 2 aromatic rings. The van der Waals surface area contributed by atoms with Crippen LogP contribution in [0, 0.1) is 5.92 Å². The number of nitrogens with one attached hydrogen (secondary N) is 1. The van der Waals surface area contributed by atoms with Gasteiger partial charge in [0.25, 0.3) is 0 Å². The number of ether oxygens (including phenoxy) is 1. The molecule has 2 amide bonds. The summed E-state index contributed by atoms with van der Waals surface area (Å²) in [6, 6.07) is 15.2. The van der Waals surface area contributed by atoms with E-state index in [1.165, 1.54) is 0 Å². The van der Waals surface area contributed by atoms with Crippen LogP contribution in [0.5, 0.6) is 5.75 Å². The molecule has 0 saturated carbocycles. The zero-order chi connectivity index (χ0) is 19.4. The molecule has 0 aliphatic carbocycles. The van der Waals surface area contributed by atoms with Crippen molar-refractivity contribution < 1.29 is 14.3 Å². The first-order valence-corrected chi connectivity index (χ1v) is 9.37. The van der Waals surface area contributed by atoms with Gasteiger partial charge in [-0.2, -0.15) is 0 Å². The summed E-state index contributed by atoms with van der Waals surface area (Å²) < 4.78 is 5.16. The highest BCUT2D eigenvalue weighted by atomic mass is 16.5. The molecular weight excluding hydrogens is 340 g/mol. The number of carbonyl (C=O) groups excluding carboxylic acids is 2. The molecule has 3 rings (SSSR count). The van der Waals surface area contributed by atoms with Crippen molar-refractivity contribution in [1.29, 1.82) is 0 Å². The predicted octanol–water partition coefficient (Wildman–Crippen LogP) is 4.20. The molecule has 1 N–H and O–H groups in total. The van der Waals surface area contributed by atoms with Gasteiger partial charge in [0.05, 0.1) is 13.0 Å². The molecule has 2 aromatic carbocycles. The fourth-order valence-corrected chi connectivity index (χ4v) is 3.39. The Hall–Kier alpha value is -2.82. The number of hydrogen-bond acceptors (Lipinski definition) is 3. The minimum Gasteiger partial charge on any atom is -0.497 e. The minimum absolute atomic E-state index is 0.0319. The number of anilines is 2. The molecule has 1 aliphatic heterocycles. The van der Waals surface area contributed by atoms with Gasteiger partial charge in [0.2, 0.25) is 11.8 Å². The second-order valence-electron chi connectivity index (χ2n) is 6.99. The summed E-state index contributed by atoms with van der Waals surface area (Å²) in [6.45, 7) is 4.67. The molecule has 0 aromatic heterocycles. The van der Waals surface area contributed by atoms with Crippen LogP contribution in [-0.2, 0) is 9.59 Å². The van der Waals surface area contributed by atoms with E-state index >= 15 is 0 Å². The van der Waals surface area contributed by atoms with Gasteiger partial charge in [0, 0.05) is 24.3 Å². The van der Waals surface area contributed by atoms with Crippen molar-refractivity contribution in [1.82, 2.24) is 0 Å². The zero-order valence-electron chi connectivity index (χ0n) is 16.1. The van der Waals surface area contributed by atoms with E-state index in [9.17, 15) is 9.59 Å². The maximum atomic E-state index is 12.8. The van der Waals surface area contributed by atoms with E-state index in [4.69, 9.17) is 4.74 Å². The molecule has 1 saturated heterocycles. The number of nitrogens with zero attached hydrogens (tertiary/aromatic N) is 1. The van der Waals surface area contributed by atoms with Gasteiger partial charge in [-0.3, -0.25) is 9.59 Å². The van der Waals surface area contributed by atoms with Gasteiger partial charge in [-0.05, 0) is 48.2 Å². The predicted molar refractivity (Wildman–Crippen MR) is 107 cm³/mol. The highest BCUT2D eigenvalue weighted by Gasteiger charge is 2.35. The van der Waals surface area contributed by atoms with Crippen LogP contribution in [0.4, 0.5) is 11.4 Å². The van der Waals surface area contributed by atoms with E-state index in [2.05, 4.69) is 19.2 Å². The summed E-state index contributed by atoms with van der Waals surface area (Å²) in [6.07, 6.45) is 1.23. The first-order valence-electron chi connectivity index (χ1n) is 9.37. The van der Waals surface area contributed by atoms with E-state index in [-0.39, 0.29) is 24.2 Å². The van der Waals surface area contributed by atoms with Crippen LogP contribution in [0.15, 0.2) is 48.5 Å². The Kier molecular flexibility index (Phi) is 5.79. The average molecular weight is 366 g/mol. The van der Waals surface area contributed by atoms with Gasteiger partial charge in [-0.1, -0.05) is 32.0 Å². The summed E-state index contributed by atoms with van der Waals surface area (Å²) in [5, 5.41) is 3.04. The Labute approximate surface area is 160 Å². The van der Waals surface area contributed by atoms with E-state index in [0.29, 0.717) is 12.5 Å². The van der Waals surface area contributed by atoms with Crippen LogP contribution in [0.1, 0.15) is 38.2 Å². The van der Waals surface area contributed by atoms with Crippen molar-refractivity contribution in [2.75, 3.05) is 23.9 Å². The van der Waals surface area contributed by atoms with Gasteiger partial charge < -0.3 is 15.0 Å². The lowest BCUT2D eigenvalue weighted by Gasteiger charge is -2.18. The lowest BCUT2D eigenvalue weighted by molar-refractivity contribution is -0.122. The minimum atomic E-state index is -0.357. The van der Waals surface area contributed by atoms with Crippen molar-refractivity contribution in [2.45, 2.75) is 32.6 Å². The van der Waals surface area contributed by atoms with E-state index < -0.39 is 0 Å². The summed E-state index contributed by atoms with van der Waals surface area (Å²) in [4.78, 5) is 26.9. The molecule has 1 heterocycles. The zero-order valence-corrected chi connectivity index (χ0v) is 16.1. The standard InChI is InChI=1S/C22H26N2O3/c1-4-15(2)19-7-5-6-8-20(19)23-22(26)16-13-21(25)24(14-16)17-9-11-18(27-3)12-10-17/h5-12,15-16H,4,13-14H2,1-3H3,(H,23,26)/t15-,16+/m0/s1. The molecule has 142 valence electrons. The molecule has 0 bridgehead atoms. The van der Waals surface area contributed by atoms with Crippen LogP contribution in [0.3, 0.4) is 0 Å². The smallest absolute Gasteiger partial charge is 0.229 e. The molecule has 5 heteroatoms. The van der Waals surface area contributed by atoms with Crippen LogP contribution in [-0.4, -0.2) is 25.5 Å². The number of amides is 2. The molecule has 0 unspecified atom stereocenters. The van der Waals surface area contributed by atoms with Gasteiger partial charge in [-0.15, -0.1) is 0 Å². The first-order chi connectivity index (χ1) is 13.0. The molecule has 0 spiro atoms. The SMILES string of the molecule is CC[C@H](C)c1ccccc1NC(=O)[C@@H]1CC(=O)N(c2ccc(OC)cc2)C1. The quantitative estimate of drug-likeness (QED) is 0.833. The molecule has 1 aliphatic rings. The topological polar surface area (TPSA) is 58.6 Å². The van der Waals surface area contributed by atoms with Gasteiger partial charge in [-0.25, -0.2) is 0 Å². The van der Waals surface area contributed by atoms with Crippen molar-refractivity contribution in [3.05, 3.63) is 54.1 Å². The van der Waals surface area contributed by atoms with E-state index in [0.717, 1.165) is 29.1 Å². The maximum Gasteiger partial charge on any atom is 0.229 e. The third kappa shape index (κ3) is 4.13. The Morgan fingerprint density at radius 1 is 1.22 bits per heavy atom. The monoisotopic (exact) mass is 366 g/mol. The van der Waals surface area contributed by atoms with Crippen LogP contribution >= 0.6 is 0 Å². The number of rotatable bonds is 6. The molecule has 1 fully saturated rings. The van der Waals surface area contributed by atoms with Crippen molar-refractivity contribution in [3.63, 3.8) is 0 Å². The van der Waals surface area contributed by atoms with Crippen LogP contribution < -0.4 is 15.0 Å².